The number of piperidine rings is 1. The third-order valence-corrected chi connectivity index (χ3v) is 3.43. The molecule has 0 saturated carbocycles. The van der Waals surface area contributed by atoms with Gasteiger partial charge in [0.25, 0.3) is 0 Å². The van der Waals surface area contributed by atoms with Gasteiger partial charge >= 0.3 is 0 Å². The van der Waals surface area contributed by atoms with Crippen molar-refractivity contribution in [3.63, 3.8) is 0 Å². The highest BCUT2D eigenvalue weighted by molar-refractivity contribution is 6.30. The van der Waals surface area contributed by atoms with Crippen LogP contribution >= 0.6 is 11.6 Å². The van der Waals surface area contributed by atoms with Crippen LogP contribution in [0.5, 0.6) is 0 Å². The van der Waals surface area contributed by atoms with Gasteiger partial charge in [-0.25, -0.2) is 4.98 Å². The monoisotopic (exact) mass is 254 g/mol. The Morgan fingerprint density at radius 2 is 2.35 bits per heavy atom. The van der Waals surface area contributed by atoms with Crippen LogP contribution in [0.4, 0.5) is 17.2 Å². The first-order valence-electron chi connectivity index (χ1n) is 6.00. The van der Waals surface area contributed by atoms with E-state index in [1.807, 2.05) is 6.07 Å². The minimum absolute atomic E-state index is 0.483. The highest BCUT2D eigenvalue weighted by atomic mass is 35.5. The molecule has 4 nitrogen and oxygen atoms in total. The van der Waals surface area contributed by atoms with Gasteiger partial charge in [0, 0.05) is 26.2 Å². The first kappa shape index (κ1) is 12.3. The molecule has 1 aromatic rings. The van der Waals surface area contributed by atoms with Gasteiger partial charge in [-0.15, -0.1) is 0 Å². The van der Waals surface area contributed by atoms with Crippen LogP contribution in [0.15, 0.2) is 6.07 Å². The van der Waals surface area contributed by atoms with Gasteiger partial charge in [-0.3, -0.25) is 0 Å². The molecule has 1 aliphatic rings. The van der Waals surface area contributed by atoms with E-state index in [1.54, 1.807) is 7.05 Å². The van der Waals surface area contributed by atoms with E-state index < -0.39 is 0 Å². The number of halogens is 1. The molecule has 17 heavy (non-hydrogen) atoms. The highest BCUT2D eigenvalue weighted by Crippen LogP contribution is 2.33. The Bertz CT molecular complexity index is 408. The number of pyridine rings is 1. The van der Waals surface area contributed by atoms with Gasteiger partial charge < -0.3 is 16.0 Å². The quantitative estimate of drug-likeness (QED) is 0.797. The Hall–Kier alpha value is -1.16. The fourth-order valence-electron chi connectivity index (χ4n) is 2.37. The molecule has 1 fully saturated rings. The summed E-state index contributed by atoms with van der Waals surface area (Å²) >= 11 is 6.02. The van der Waals surface area contributed by atoms with Crippen LogP contribution in [-0.4, -0.2) is 25.1 Å². The molecule has 2 heterocycles. The van der Waals surface area contributed by atoms with Gasteiger partial charge in [0.15, 0.2) is 5.82 Å². The molecule has 2 rings (SSSR count). The molecular formula is C12H19ClN4. The van der Waals surface area contributed by atoms with Crippen molar-refractivity contribution < 1.29 is 0 Å². The smallest absolute Gasteiger partial charge is 0.152 e. The van der Waals surface area contributed by atoms with Crippen LogP contribution in [0.25, 0.3) is 0 Å². The molecule has 3 N–H and O–H groups in total. The van der Waals surface area contributed by atoms with E-state index in [4.69, 9.17) is 17.3 Å². The molecule has 0 spiro atoms. The van der Waals surface area contributed by atoms with Gasteiger partial charge in [-0.1, -0.05) is 18.5 Å². The Kier molecular flexibility index (Phi) is 3.62. The highest BCUT2D eigenvalue weighted by Gasteiger charge is 2.20. The summed E-state index contributed by atoms with van der Waals surface area (Å²) in [5.74, 6) is 1.36. The average Bonchev–Trinajstić information content (AvgIpc) is 2.31. The lowest BCUT2D eigenvalue weighted by Crippen LogP contribution is -2.34. The summed E-state index contributed by atoms with van der Waals surface area (Å²) in [6.45, 7) is 4.34. The summed E-state index contributed by atoms with van der Waals surface area (Å²) in [6, 6.07) is 1.86. The molecule has 5 heteroatoms. The fourth-order valence-corrected chi connectivity index (χ4v) is 2.56. The summed E-state index contributed by atoms with van der Waals surface area (Å²) in [7, 11) is 1.80. The van der Waals surface area contributed by atoms with Gasteiger partial charge in [0.1, 0.15) is 5.15 Å². The van der Waals surface area contributed by atoms with Crippen molar-refractivity contribution in [2.75, 3.05) is 36.1 Å². The molecule has 0 aromatic carbocycles. The zero-order chi connectivity index (χ0) is 12.4. The van der Waals surface area contributed by atoms with Crippen molar-refractivity contribution in [3.05, 3.63) is 11.2 Å². The topological polar surface area (TPSA) is 54.2 Å². The summed E-state index contributed by atoms with van der Waals surface area (Å²) in [6.07, 6.45) is 2.49. The van der Waals surface area contributed by atoms with Crippen molar-refractivity contribution in [2.24, 2.45) is 5.92 Å². The molecule has 0 aliphatic carbocycles. The number of nitrogens with two attached hydrogens (primary N) is 1. The Labute approximate surface area is 107 Å². The Morgan fingerprint density at radius 3 is 3.00 bits per heavy atom. The molecule has 1 aromatic heterocycles. The number of rotatable bonds is 2. The first-order valence-corrected chi connectivity index (χ1v) is 6.38. The minimum atomic E-state index is 0.483. The predicted molar refractivity (Wildman–Crippen MR) is 73.8 cm³/mol. The minimum Gasteiger partial charge on any atom is -0.394 e. The van der Waals surface area contributed by atoms with Crippen molar-refractivity contribution in [2.45, 2.75) is 19.8 Å². The second-order valence-electron chi connectivity index (χ2n) is 4.67. The Morgan fingerprint density at radius 1 is 1.59 bits per heavy atom. The van der Waals surface area contributed by atoms with Crippen LogP contribution in [-0.2, 0) is 0 Å². The molecule has 1 atom stereocenters. The molecule has 94 valence electrons. The van der Waals surface area contributed by atoms with Crippen molar-refractivity contribution >= 4 is 28.8 Å². The summed E-state index contributed by atoms with van der Waals surface area (Å²) < 4.78 is 0. The van der Waals surface area contributed by atoms with Crippen LogP contribution < -0.4 is 16.0 Å². The molecule has 1 aliphatic heterocycles. The Balaban J connectivity index is 2.33. The van der Waals surface area contributed by atoms with Crippen molar-refractivity contribution in [1.82, 2.24) is 4.98 Å². The third-order valence-electron chi connectivity index (χ3n) is 3.24. The maximum Gasteiger partial charge on any atom is 0.152 e. The number of aromatic nitrogens is 1. The number of nitrogens with zero attached hydrogens (tertiary/aromatic N) is 2. The maximum atomic E-state index is 6.11. The van der Waals surface area contributed by atoms with Gasteiger partial charge in [0.05, 0.1) is 11.4 Å². The maximum absolute atomic E-state index is 6.11. The van der Waals surface area contributed by atoms with Crippen molar-refractivity contribution in [3.8, 4) is 0 Å². The second-order valence-corrected chi connectivity index (χ2v) is 5.06. The summed E-state index contributed by atoms with van der Waals surface area (Å²) in [5.41, 5.74) is 7.80. The number of nitrogen functional groups attached to an aromatic ring is 1. The van der Waals surface area contributed by atoms with Gasteiger partial charge in [-0.05, 0) is 18.8 Å². The number of hydrogen-bond acceptors (Lipinski definition) is 4. The molecular weight excluding hydrogens is 236 g/mol. The van der Waals surface area contributed by atoms with E-state index in [1.165, 1.54) is 12.8 Å². The second kappa shape index (κ2) is 5.00. The summed E-state index contributed by atoms with van der Waals surface area (Å²) in [5, 5.41) is 3.46. The zero-order valence-electron chi connectivity index (χ0n) is 10.3. The van der Waals surface area contributed by atoms with Gasteiger partial charge in [-0.2, -0.15) is 0 Å². The third kappa shape index (κ3) is 2.57. The predicted octanol–water partition coefficient (Wildman–Crippen LogP) is 2.60. The van der Waals surface area contributed by atoms with Crippen LogP contribution in [0.2, 0.25) is 5.15 Å². The van der Waals surface area contributed by atoms with E-state index in [0.717, 1.165) is 18.8 Å². The fraction of sp³-hybridized carbons (Fsp3) is 0.583. The normalized spacial score (nSPS) is 20.4. The lowest BCUT2D eigenvalue weighted by Gasteiger charge is -2.33. The van der Waals surface area contributed by atoms with E-state index in [0.29, 0.717) is 22.6 Å². The lowest BCUT2D eigenvalue weighted by molar-refractivity contribution is 0.447. The molecule has 0 amide bonds. The van der Waals surface area contributed by atoms with Crippen LogP contribution in [0.3, 0.4) is 0 Å². The zero-order valence-corrected chi connectivity index (χ0v) is 11.1. The van der Waals surface area contributed by atoms with Crippen LogP contribution in [0.1, 0.15) is 19.8 Å². The van der Waals surface area contributed by atoms with Gasteiger partial charge in [0.2, 0.25) is 0 Å². The molecule has 1 saturated heterocycles. The van der Waals surface area contributed by atoms with E-state index in [-0.39, 0.29) is 0 Å². The number of nitrogens with one attached hydrogen (secondary N) is 1. The lowest BCUT2D eigenvalue weighted by atomic mass is 10.00. The number of anilines is 3. The number of hydrogen-bond donors (Lipinski definition) is 2. The van der Waals surface area contributed by atoms with E-state index in [9.17, 15) is 0 Å². The van der Waals surface area contributed by atoms with Crippen molar-refractivity contribution in [1.29, 1.82) is 0 Å². The largest absolute Gasteiger partial charge is 0.394 e. The molecule has 0 bridgehead atoms. The van der Waals surface area contributed by atoms with Crippen LogP contribution in [0, 0.1) is 5.92 Å². The van der Waals surface area contributed by atoms with E-state index in [2.05, 4.69) is 22.1 Å². The SMILES string of the molecule is CNc1nc(Cl)cc(N2CCCC(C)C2)c1N. The summed E-state index contributed by atoms with van der Waals surface area (Å²) in [4.78, 5) is 6.47. The van der Waals surface area contributed by atoms with E-state index >= 15 is 0 Å². The molecule has 1 unspecified atom stereocenters. The molecule has 0 radical (unpaired) electrons. The first-order chi connectivity index (χ1) is 8.11. The average molecular weight is 255 g/mol. The standard InChI is InChI=1S/C12H19ClN4/c1-8-4-3-5-17(7-8)9-6-10(13)16-12(15-2)11(9)14/h6,8H,3-5,7,14H2,1-2H3,(H,15,16).